The van der Waals surface area contributed by atoms with E-state index in [1.807, 2.05) is 30.3 Å². The van der Waals surface area contributed by atoms with E-state index in [2.05, 4.69) is 9.97 Å². The van der Waals surface area contributed by atoms with Gasteiger partial charge in [0.15, 0.2) is 0 Å². The van der Waals surface area contributed by atoms with Crippen molar-refractivity contribution in [3.63, 3.8) is 0 Å². The lowest BCUT2D eigenvalue weighted by molar-refractivity contribution is 0.469. The van der Waals surface area contributed by atoms with Crippen molar-refractivity contribution < 1.29 is 9.50 Å². The molecule has 0 fully saturated rings. The highest BCUT2D eigenvalue weighted by atomic mass is 35.5. The van der Waals surface area contributed by atoms with Crippen molar-refractivity contribution in [1.29, 1.82) is 0 Å². The van der Waals surface area contributed by atoms with Crippen LogP contribution < -0.4 is 0 Å². The van der Waals surface area contributed by atoms with Gasteiger partial charge in [0.1, 0.15) is 17.1 Å². The van der Waals surface area contributed by atoms with Crippen molar-refractivity contribution >= 4 is 22.5 Å². The number of pyridine rings is 2. The van der Waals surface area contributed by atoms with Gasteiger partial charge in [-0.2, -0.15) is 0 Å². The lowest BCUT2D eigenvalue weighted by Crippen LogP contribution is -2.08. The molecule has 3 nitrogen and oxygen atoms in total. The lowest BCUT2D eigenvalue weighted by Gasteiger charge is -2.20. The molecule has 2 heterocycles. The molecule has 4 aromatic rings. The van der Waals surface area contributed by atoms with Gasteiger partial charge in [0.25, 0.3) is 0 Å². The Hall–Kier alpha value is -2.98. The van der Waals surface area contributed by atoms with Gasteiger partial charge in [-0.15, -0.1) is 0 Å². The van der Waals surface area contributed by atoms with E-state index in [1.54, 1.807) is 30.6 Å². The average molecular weight is 379 g/mol. The van der Waals surface area contributed by atoms with Gasteiger partial charge in [-0.3, -0.25) is 9.97 Å². The fraction of sp³-hybridized carbons (Fsp3) is 0.0909. The molecule has 0 radical (unpaired) electrons. The Labute approximate surface area is 161 Å². The number of phenols is 1. The fourth-order valence-corrected chi connectivity index (χ4v) is 3.60. The topological polar surface area (TPSA) is 46.0 Å². The van der Waals surface area contributed by atoms with Gasteiger partial charge < -0.3 is 5.11 Å². The van der Waals surface area contributed by atoms with Crippen LogP contribution >= 0.6 is 11.6 Å². The molecule has 0 spiro atoms. The number of fused-ring (bicyclic) bond motifs is 1. The van der Waals surface area contributed by atoms with Crippen LogP contribution in [0.15, 0.2) is 73.1 Å². The zero-order valence-corrected chi connectivity index (χ0v) is 15.1. The van der Waals surface area contributed by atoms with E-state index in [4.69, 9.17) is 11.6 Å². The Morgan fingerprint density at radius 1 is 0.963 bits per heavy atom. The summed E-state index contributed by atoms with van der Waals surface area (Å²) >= 11 is 6.46. The van der Waals surface area contributed by atoms with E-state index in [1.165, 1.54) is 12.1 Å². The van der Waals surface area contributed by atoms with Crippen LogP contribution in [0.3, 0.4) is 0 Å². The molecule has 1 N–H and O–H groups in total. The molecule has 2 aromatic carbocycles. The van der Waals surface area contributed by atoms with Crippen molar-refractivity contribution in [1.82, 2.24) is 9.97 Å². The van der Waals surface area contributed by atoms with Crippen LogP contribution in [0.25, 0.3) is 10.9 Å². The molecule has 27 heavy (non-hydrogen) atoms. The van der Waals surface area contributed by atoms with E-state index in [9.17, 15) is 9.50 Å². The molecule has 0 aliphatic carbocycles. The minimum Gasteiger partial charge on any atom is -0.505 e. The average Bonchev–Trinajstić information content (AvgIpc) is 2.70. The Kier molecular flexibility index (Phi) is 4.73. The summed E-state index contributed by atoms with van der Waals surface area (Å²) in [5, 5.41) is 12.1. The van der Waals surface area contributed by atoms with Gasteiger partial charge in [-0.25, -0.2) is 4.39 Å². The smallest absolute Gasteiger partial charge is 0.145 e. The molecule has 0 saturated heterocycles. The largest absolute Gasteiger partial charge is 0.505 e. The third kappa shape index (κ3) is 3.49. The van der Waals surface area contributed by atoms with E-state index in [0.717, 1.165) is 11.3 Å². The Morgan fingerprint density at radius 3 is 2.59 bits per heavy atom. The molecular formula is C22H16ClFN2O. The summed E-state index contributed by atoms with van der Waals surface area (Å²) in [7, 11) is 0. The molecule has 0 bridgehead atoms. The van der Waals surface area contributed by atoms with Crippen molar-refractivity contribution in [2.75, 3.05) is 0 Å². The second kappa shape index (κ2) is 7.33. The molecule has 5 heteroatoms. The predicted molar refractivity (Wildman–Crippen MR) is 105 cm³/mol. The molecular weight excluding hydrogens is 363 g/mol. The van der Waals surface area contributed by atoms with Crippen LogP contribution in [0.4, 0.5) is 4.39 Å². The maximum Gasteiger partial charge on any atom is 0.145 e. The summed E-state index contributed by atoms with van der Waals surface area (Å²) in [5.74, 6) is -0.595. The van der Waals surface area contributed by atoms with Crippen LogP contribution in [0.5, 0.6) is 5.75 Å². The number of nitrogens with zero attached hydrogens (tertiary/aromatic N) is 2. The van der Waals surface area contributed by atoms with Gasteiger partial charge >= 0.3 is 0 Å². The molecule has 0 saturated carbocycles. The summed E-state index contributed by atoms with van der Waals surface area (Å²) in [6.07, 6.45) is 3.82. The van der Waals surface area contributed by atoms with Crippen LogP contribution in [0.2, 0.25) is 5.02 Å². The number of hydrogen-bond acceptors (Lipinski definition) is 3. The second-order valence-corrected chi connectivity index (χ2v) is 6.74. The number of rotatable bonds is 4. The van der Waals surface area contributed by atoms with Crippen molar-refractivity contribution in [2.45, 2.75) is 12.3 Å². The molecule has 0 aliphatic rings. The van der Waals surface area contributed by atoms with Gasteiger partial charge in [0.2, 0.25) is 0 Å². The number of aromatic nitrogens is 2. The first-order chi connectivity index (χ1) is 13.1. The third-order valence-corrected chi connectivity index (χ3v) is 4.92. The fourth-order valence-electron chi connectivity index (χ4n) is 3.33. The molecule has 0 aliphatic heterocycles. The first-order valence-electron chi connectivity index (χ1n) is 8.55. The molecule has 1 unspecified atom stereocenters. The zero-order valence-electron chi connectivity index (χ0n) is 14.3. The first kappa shape index (κ1) is 17.4. The summed E-state index contributed by atoms with van der Waals surface area (Å²) in [6, 6.07) is 17.3. The molecule has 4 rings (SSSR count). The van der Waals surface area contributed by atoms with Gasteiger partial charge in [-0.05, 0) is 48.0 Å². The standard InChI is InChI=1S/C22H16ClFN2O/c23-20-13-19(22(27)21-17(20)8-4-10-26-21)18(12-16-7-1-2-9-25-16)14-5-3-6-15(24)11-14/h1-11,13,18,27H,12H2. The Bertz CT molecular complexity index is 1100. The number of halogens is 2. The number of benzene rings is 2. The monoisotopic (exact) mass is 378 g/mol. The number of hydrogen-bond donors (Lipinski definition) is 1. The second-order valence-electron chi connectivity index (χ2n) is 6.33. The predicted octanol–water partition coefficient (Wildman–Crippen LogP) is 5.50. The number of phenolic OH excluding ortho intramolecular Hbond substituents is 1. The van der Waals surface area contributed by atoms with Crippen LogP contribution in [0, 0.1) is 5.82 Å². The maximum absolute atomic E-state index is 13.9. The van der Waals surface area contributed by atoms with Crippen molar-refractivity contribution in [3.05, 3.63) is 101 Å². The summed E-state index contributed by atoms with van der Waals surface area (Å²) in [4.78, 5) is 8.66. The Balaban J connectivity index is 1.91. The summed E-state index contributed by atoms with van der Waals surface area (Å²) in [5.41, 5.74) is 2.61. The summed E-state index contributed by atoms with van der Waals surface area (Å²) in [6.45, 7) is 0. The highest BCUT2D eigenvalue weighted by Gasteiger charge is 2.23. The maximum atomic E-state index is 13.9. The van der Waals surface area contributed by atoms with Gasteiger partial charge in [0, 0.05) is 41.4 Å². The van der Waals surface area contributed by atoms with Crippen LogP contribution in [0.1, 0.15) is 22.7 Å². The zero-order chi connectivity index (χ0) is 18.8. The molecule has 1 atom stereocenters. The Morgan fingerprint density at radius 2 is 1.81 bits per heavy atom. The van der Waals surface area contributed by atoms with Crippen molar-refractivity contribution in [3.8, 4) is 5.75 Å². The van der Waals surface area contributed by atoms with E-state index < -0.39 is 0 Å². The molecule has 0 amide bonds. The number of aromatic hydroxyl groups is 1. The molecule has 2 aromatic heterocycles. The SMILES string of the molecule is Oc1c(C(Cc2ccccn2)c2cccc(F)c2)cc(Cl)c2cccnc12. The highest BCUT2D eigenvalue weighted by Crippen LogP contribution is 2.40. The van der Waals surface area contributed by atoms with Gasteiger partial charge in [0.05, 0.1) is 5.02 Å². The third-order valence-electron chi connectivity index (χ3n) is 4.61. The minimum absolute atomic E-state index is 0.0557. The van der Waals surface area contributed by atoms with Gasteiger partial charge in [-0.1, -0.05) is 29.8 Å². The highest BCUT2D eigenvalue weighted by molar-refractivity contribution is 6.35. The van der Waals surface area contributed by atoms with E-state index in [-0.39, 0.29) is 17.5 Å². The summed E-state index contributed by atoms with van der Waals surface area (Å²) < 4.78 is 13.9. The van der Waals surface area contributed by atoms with E-state index >= 15 is 0 Å². The van der Waals surface area contributed by atoms with Crippen LogP contribution in [-0.4, -0.2) is 15.1 Å². The quantitative estimate of drug-likeness (QED) is 0.509. The minimum atomic E-state index is -0.331. The molecule has 134 valence electrons. The lowest BCUT2D eigenvalue weighted by atomic mass is 9.86. The normalized spacial score (nSPS) is 12.2. The van der Waals surface area contributed by atoms with E-state index in [0.29, 0.717) is 27.9 Å². The first-order valence-corrected chi connectivity index (χ1v) is 8.93. The van der Waals surface area contributed by atoms with Crippen LogP contribution in [-0.2, 0) is 6.42 Å². The van der Waals surface area contributed by atoms with Crippen molar-refractivity contribution in [2.24, 2.45) is 0 Å².